The number of hydrogen-bond acceptors (Lipinski definition) is 6. The summed E-state index contributed by atoms with van der Waals surface area (Å²) in [6, 6.07) is 30.4. The van der Waals surface area contributed by atoms with Crippen LogP contribution in [0.1, 0.15) is 28.3 Å². The van der Waals surface area contributed by atoms with Gasteiger partial charge in [-0.15, -0.1) is 0 Å². The molecule has 0 fully saturated rings. The van der Waals surface area contributed by atoms with E-state index in [0.717, 1.165) is 28.1 Å². The van der Waals surface area contributed by atoms with Crippen molar-refractivity contribution in [1.29, 1.82) is 0 Å². The summed E-state index contributed by atoms with van der Waals surface area (Å²) in [6.07, 6.45) is 7.72. The Labute approximate surface area is 292 Å². The van der Waals surface area contributed by atoms with E-state index >= 15 is 0 Å². The van der Waals surface area contributed by atoms with Gasteiger partial charge in [0.1, 0.15) is 11.3 Å². The Kier molecular flexibility index (Phi) is 9.22. The van der Waals surface area contributed by atoms with Crippen LogP contribution in [0.4, 0.5) is 13.2 Å². The van der Waals surface area contributed by atoms with Crippen molar-refractivity contribution in [2.75, 3.05) is 0 Å². The summed E-state index contributed by atoms with van der Waals surface area (Å²) in [4.78, 5) is 50.4. The van der Waals surface area contributed by atoms with Crippen LogP contribution >= 0.6 is 0 Å². The number of benzene rings is 2. The average molecular weight is 697 g/mol. The molecule has 256 valence electrons. The molecule has 4 N–H and O–H groups in total. The lowest BCUT2D eigenvalue weighted by molar-refractivity contribution is -0.144. The summed E-state index contributed by atoms with van der Waals surface area (Å²) in [7, 11) is 0. The highest BCUT2D eigenvalue weighted by Gasteiger charge is 2.34. The standard InChI is InChI=1S/C20H13F3N4O.C19H14N4O/c21-20(22,23)19-26-17-15(18(28)27-19)11-16(25-17)13-8-9-24-14(10-13)7-6-12-4-2-1-3-5-12;24-19-16-11-17(23-18(16)21-12-22-19)14-8-9-20-15(10-14)7-6-13-4-2-1-3-5-13/h1-11H,(H2,25,26,27,28);1-12H,(H2,21,22,23,24). The van der Waals surface area contributed by atoms with Crippen molar-refractivity contribution in [3.8, 4) is 22.5 Å². The summed E-state index contributed by atoms with van der Waals surface area (Å²) < 4.78 is 38.5. The van der Waals surface area contributed by atoms with Gasteiger partial charge in [0.2, 0.25) is 5.82 Å². The van der Waals surface area contributed by atoms with E-state index in [9.17, 15) is 22.8 Å². The Morgan fingerprint density at radius 1 is 0.558 bits per heavy atom. The predicted molar refractivity (Wildman–Crippen MR) is 196 cm³/mol. The molecule has 0 atom stereocenters. The van der Waals surface area contributed by atoms with Crippen molar-refractivity contribution in [3.63, 3.8) is 0 Å². The second kappa shape index (κ2) is 14.4. The zero-order valence-corrected chi connectivity index (χ0v) is 27.0. The Hall–Kier alpha value is -7.15. The highest BCUT2D eigenvalue weighted by Crippen LogP contribution is 2.28. The number of nitrogens with one attached hydrogen (secondary N) is 4. The minimum Gasteiger partial charge on any atom is -0.339 e. The van der Waals surface area contributed by atoms with E-state index < -0.39 is 17.6 Å². The molecular formula is C39H27F3N8O2. The Morgan fingerprint density at radius 2 is 1.08 bits per heavy atom. The van der Waals surface area contributed by atoms with Gasteiger partial charge in [-0.3, -0.25) is 19.6 Å². The van der Waals surface area contributed by atoms with Crippen molar-refractivity contribution in [2.24, 2.45) is 0 Å². The van der Waals surface area contributed by atoms with Crippen molar-refractivity contribution in [2.45, 2.75) is 6.18 Å². The van der Waals surface area contributed by atoms with Gasteiger partial charge in [0.05, 0.1) is 28.5 Å². The average Bonchev–Trinajstić information content (AvgIpc) is 3.81. The monoisotopic (exact) mass is 696 g/mol. The van der Waals surface area contributed by atoms with E-state index in [1.807, 2.05) is 97.1 Å². The first-order chi connectivity index (χ1) is 25.2. The topological polar surface area (TPSA) is 149 Å². The number of alkyl halides is 3. The zero-order chi connectivity index (χ0) is 36.1. The molecule has 2 aromatic carbocycles. The molecule has 0 aliphatic rings. The van der Waals surface area contributed by atoms with Gasteiger partial charge in [0.25, 0.3) is 11.1 Å². The molecule has 0 bridgehead atoms. The highest BCUT2D eigenvalue weighted by molar-refractivity contribution is 5.84. The van der Waals surface area contributed by atoms with Gasteiger partial charge in [-0.2, -0.15) is 13.2 Å². The molecule has 6 heterocycles. The first-order valence-electron chi connectivity index (χ1n) is 15.9. The third-order valence-corrected chi connectivity index (χ3v) is 7.87. The summed E-state index contributed by atoms with van der Waals surface area (Å²) >= 11 is 0. The molecular weight excluding hydrogens is 669 g/mol. The molecule has 0 aliphatic heterocycles. The third-order valence-electron chi connectivity index (χ3n) is 7.87. The normalized spacial score (nSPS) is 11.8. The van der Waals surface area contributed by atoms with Crippen molar-refractivity contribution >= 4 is 46.4 Å². The maximum atomic E-state index is 12.8. The van der Waals surface area contributed by atoms with E-state index in [0.29, 0.717) is 28.0 Å². The van der Waals surface area contributed by atoms with Crippen LogP contribution in [0.25, 0.3) is 68.9 Å². The maximum absolute atomic E-state index is 12.8. The second-order valence-electron chi connectivity index (χ2n) is 11.5. The van der Waals surface area contributed by atoms with Crippen LogP contribution in [0.3, 0.4) is 0 Å². The van der Waals surface area contributed by atoms with E-state index in [4.69, 9.17) is 0 Å². The fourth-order valence-electron chi connectivity index (χ4n) is 5.32. The molecule has 52 heavy (non-hydrogen) atoms. The molecule has 0 radical (unpaired) electrons. The predicted octanol–water partition coefficient (Wildman–Crippen LogP) is 7.99. The number of aromatic nitrogens is 8. The van der Waals surface area contributed by atoms with E-state index in [1.54, 1.807) is 35.6 Å². The van der Waals surface area contributed by atoms with Crippen molar-refractivity contribution < 1.29 is 13.2 Å². The van der Waals surface area contributed by atoms with Gasteiger partial charge >= 0.3 is 6.18 Å². The SMILES string of the molecule is O=c1[nH]c(C(F)(F)F)nc2[nH]c(-c3ccnc(C=Cc4ccccc4)c3)cc12.O=c1[nH]cnc2[nH]c(-c3ccnc(C=Cc4ccccc4)c3)cc12. The van der Waals surface area contributed by atoms with Crippen molar-refractivity contribution in [1.82, 2.24) is 39.9 Å². The first-order valence-corrected chi connectivity index (χ1v) is 15.9. The van der Waals surface area contributed by atoms with Gasteiger partial charge in [0.15, 0.2) is 0 Å². The van der Waals surface area contributed by atoms with Crippen LogP contribution in [0.2, 0.25) is 0 Å². The van der Waals surface area contributed by atoms with Crippen LogP contribution in [-0.2, 0) is 6.18 Å². The lowest BCUT2D eigenvalue weighted by Gasteiger charge is -2.03. The number of aromatic amines is 4. The third kappa shape index (κ3) is 7.68. The number of pyridine rings is 2. The highest BCUT2D eigenvalue weighted by atomic mass is 19.4. The summed E-state index contributed by atoms with van der Waals surface area (Å²) in [5.74, 6) is -1.33. The van der Waals surface area contributed by atoms with Gasteiger partial charge in [-0.25, -0.2) is 9.97 Å². The summed E-state index contributed by atoms with van der Waals surface area (Å²) in [5, 5.41) is 0.604. The zero-order valence-electron chi connectivity index (χ0n) is 27.0. The van der Waals surface area contributed by atoms with Crippen molar-refractivity contribution in [3.05, 3.63) is 165 Å². The first kappa shape index (κ1) is 33.4. The fraction of sp³-hybridized carbons (Fsp3) is 0.0256. The minimum atomic E-state index is -4.73. The summed E-state index contributed by atoms with van der Waals surface area (Å²) in [5.41, 5.74) is 6.03. The molecule has 8 rings (SSSR count). The van der Waals surface area contributed by atoms with E-state index in [1.165, 1.54) is 12.4 Å². The molecule has 0 saturated heterocycles. The number of rotatable bonds is 6. The lowest BCUT2D eigenvalue weighted by Crippen LogP contribution is -2.18. The molecule has 6 aromatic heterocycles. The number of fused-ring (bicyclic) bond motifs is 2. The van der Waals surface area contributed by atoms with Gasteiger partial charge in [0, 0.05) is 34.9 Å². The lowest BCUT2D eigenvalue weighted by atomic mass is 10.1. The second-order valence-corrected chi connectivity index (χ2v) is 11.5. The smallest absolute Gasteiger partial charge is 0.339 e. The molecule has 0 saturated carbocycles. The Bertz CT molecular complexity index is 2680. The van der Waals surface area contributed by atoms with Crippen LogP contribution in [0.15, 0.2) is 125 Å². The molecule has 0 unspecified atom stereocenters. The van der Waals surface area contributed by atoms with E-state index in [-0.39, 0.29) is 16.6 Å². The van der Waals surface area contributed by atoms with Crippen LogP contribution in [0.5, 0.6) is 0 Å². The minimum absolute atomic E-state index is 0.0567. The van der Waals surface area contributed by atoms with Crippen LogP contribution in [0, 0.1) is 0 Å². The fourth-order valence-corrected chi connectivity index (χ4v) is 5.32. The van der Waals surface area contributed by atoms with Crippen LogP contribution < -0.4 is 11.1 Å². The van der Waals surface area contributed by atoms with Gasteiger partial charge in [-0.1, -0.05) is 72.8 Å². The summed E-state index contributed by atoms with van der Waals surface area (Å²) in [6.45, 7) is 0. The number of nitrogens with zero attached hydrogens (tertiary/aromatic N) is 4. The largest absolute Gasteiger partial charge is 0.449 e. The van der Waals surface area contributed by atoms with Gasteiger partial charge in [-0.05, 0) is 59.7 Å². The molecule has 10 nitrogen and oxygen atoms in total. The molecule has 0 amide bonds. The molecule has 8 aromatic rings. The number of H-pyrrole nitrogens is 4. The maximum Gasteiger partial charge on any atom is 0.449 e. The molecule has 0 aliphatic carbocycles. The quantitative estimate of drug-likeness (QED) is 0.139. The number of hydrogen-bond donors (Lipinski definition) is 4. The Morgan fingerprint density at radius 3 is 1.60 bits per heavy atom. The molecule has 13 heteroatoms. The number of halogens is 3. The Balaban J connectivity index is 0.000000164. The molecule has 0 spiro atoms. The van der Waals surface area contributed by atoms with E-state index in [2.05, 4.69) is 34.9 Å². The van der Waals surface area contributed by atoms with Crippen LogP contribution in [-0.4, -0.2) is 39.9 Å². The van der Waals surface area contributed by atoms with Gasteiger partial charge < -0.3 is 19.9 Å².